The highest BCUT2D eigenvalue weighted by Crippen LogP contribution is 2.25. The number of aryl methyl sites for hydroxylation is 1. The standard InChI is InChI=1S/C18H18Cl2N2O2/c1-11-7-8-14(9-16(11)20)22(13(3)23)10-18(24)21-17-6-4-5-15(19)12(17)2/h4-9H,10H2,1-3H3,(H,21,24). The van der Waals surface area contributed by atoms with Gasteiger partial charge >= 0.3 is 0 Å². The highest BCUT2D eigenvalue weighted by molar-refractivity contribution is 6.32. The van der Waals surface area contributed by atoms with Gasteiger partial charge in [0.15, 0.2) is 0 Å². The van der Waals surface area contributed by atoms with Gasteiger partial charge in [-0.05, 0) is 49.2 Å². The van der Waals surface area contributed by atoms with E-state index in [1.807, 2.05) is 19.9 Å². The van der Waals surface area contributed by atoms with E-state index in [1.54, 1.807) is 30.3 Å². The van der Waals surface area contributed by atoms with Gasteiger partial charge in [0, 0.05) is 28.3 Å². The number of hydrogen-bond donors (Lipinski definition) is 1. The number of nitrogens with zero attached hydrogens (tertiary/aromatic N) is 1. The van der Waals surface area contributed by atoms with Crippen molar-refractivity contribution in [2.24, 2.45) is 0 Å². The van der Waals surface area contributed by atoms with Crippen molar-refractivity contribution in [1.82, 2.24) is 0 Å². The number of amides is 2. The van der Waals surface area contributed by atoms with Crippen LogP contribution in [-0.4, -0.2) is 18.4 Å². The van der Waals surface area contributed by atoms with E-state index in [-0.39, 0.29) is 18.4 Å². The van der Waals surface area contributed by atoms with Crippen molar-refractivity contribution in [1.29, 1.82) is 0 Å². The average Bonchev–Trinajstić information content (AvgIpc) is 2.52. The predicted octanol–water partition coefficient (Wildman–Crippen LogP) is 4.60. The molecule has 0 spiro atoms. The molecule has 2 rings (SSSR count). The minimum Gasteiger partial charge on any atom is -0.324 e. The van der Waals surface area contributed by atoms with Crippen molar-refractivity contribution in [3.63, 3.8) is 0 Å². The van der Waals surface area contributed by atoms with Crippen molar-refractivity contribution in [2.75, 3.05) is 16.8 Å². The van der Waals surface area contributed by atoms with Crippen molar-refractivity contribution in [3.05, 3.63) is 57.6 Å². The first-order valence-electron chi connectivity index (χ1n) is 7.39. The summed E-state index contributed by atoms with van der Waals surface area (Å²) in [5.74, 6) is -0.555. The number of hydrogen-bond acceptors (Lipinski definition) is 2. The number of nitrogens with one attached hydrogen (secondary N) is 1. The van der Waals surface area contributed by atoms with E-state index < -0.39 is 0 Å². The van der Waals surface area contributed by atoms with Crippen molar-refractivity contribution < 1.29 is 9.59 Å². The molecule has 1 N–H and O–H groups in total. The van der Waals surface area contributed by atoms with Gasteiger partial charge < -0.3 is 10.2 Å². The van der Waals surface area contributed by atoms with E-state index in [4.69, 9.17) is 23.2 Å². The van der Waals surface area contributed by atoms with Crippen LogP contribution < -0.4 is 10.2 Å². The summed E-state index contributed by atoms with van der Waals surface area (Å²) in [7, 11) is 0. The number of halogens is 2. The van der Waals surface area contributed by atoms with E-state index in [9.17, 15) is 9.59 Å². The maximum atomic E-state index is 12.3. The molecule has 4 nitrogen and oxygen atoms in total. The average molecular weight is 365 g/mol. The molecule has 0 atom stereocenters. The second-order valence-electron chi connectivity index (χ2n) is 5.50. The van der Waals surface area contributed by atoms with Crippen LogP contribution in [0.15, 0.2) is 36.4 Å². The van der Waals surface area contributed by atoms with E-state index in [2.05, 4.69) is 5.32 Å². The number of benzene rings is 2. The first-order valence-corrected chi connectivity index (χ1v) is 8.14. The third-order valence-corrected chi connectivity index (χ3v) is 4.51. The maximum absolute atomic E-state index is 12.3. The van der Waals surface area contributed by atoms with E-state index >= 15 is 0 Å². The topological polar surface area (TPSA) is 49.4 Å². The highest BCUT2D eigenvalue weighted by atomic mass is 35.5. The zero-order valence-electron chi connectivity index (χ0n) is 13.7. The normalized spacial score (nSPS) is 10.4. The molecular formula is C18H18Cl2N2O2. The zero-order chi connectivity index (χ0) is 17.9. The minimum atomic E-state index is -0.313. The quantitative estimate of drug-likeness (QED) is 0.861. The van der Waals surface area contributed by atoms with E-state index in [0.29, 0.717) is 21.4 Å². The lowest BCUT2D eigenvalue weighted by Crippen LogP contribution is -2.36. The van der Waals surface area contributed by atoms with E-state index in [0.717, 1.165) is 11.1 Å². The van der Waals surface area contributed by atoms with Crippen LogP contribution in [0.1, 0.15) is 18.1 Å². The molecule has 0 aromatic heterocycles. The van der Waals surface area contributed by atoms with Crippen LogP contribution in [0, 0.1) is 13.8 Å². The number of rotatable bonds is 4. The number of carbonyl (C=O) groups is 2. The first-order chi connectivity index (χ1) is 11.3. The monoisotopic (exact) mass is 364 g/mol. The van der Waals surface area contributed by atoms with Gasteiger partial charge in [-0.25, -0.2) is 0 Å². The molecule has 2 amide bonds. The molecular weight excluding hydrogens is 347 g/mol. The molecule has 0 aliphatic heterocycles. The molecule has 0 fully saturated rings. The van der Waals surface area contributed by atoms with Gasteiger partial charge in [0.2, 0.25) is 11.8 Å². The highest BCUT2D eigenvalue weighted by Gasteiger charge is 2.17. The summed E-state index contributed by atoms with van der Waals surface area (Å²) < 4.78 is 0. The zero-order valence-corrected chi connectivity index (χ0v) is 15.2. The van der Waals surface area contributed by atoms with Crippen LogP contribution in [-0.2, 0) is 9.59 Å². The lowest BCUT2D eigenvalue weighted by molar-refractivity contribution is -0.120. The summed E-state index contributed by atoms with van der Waals surface area (Å²) in [6, 6.07) is 10.5. The molecule has 126 valence electrons. The molecule has 2 aromatic rings. The van der Waals surface area contributed by atoms with Crippen LogP contribution >= 0.6 is 23.2 Å². The smallest absolute Gasteiger partial charge is 0.244 e. The van der Waals surface area contributed by atoms with Crippen LogP contribution in [0.25, 0.3) is 0 Å². The molecule has 0 aliphatic rings. The Morgan fingerprint density at radius 1 is 1.08 bits per heavy atom. The maximum Gasteiger partial charge on any atom is 0.244 e. The summed E-state index contributed by atoms with van der Waals surface area (Å²) in [4.78, 5) is 25.6. The summed E-state index contributed by atoms with van der Waals surface area (Å²) in [5, 5.41) is 3.90. The Hall–Kier alpha value is -2.04. The SMILES string of the molecule is CC(=O)N(CC(=O)Nc1cccc(Cl)c1C)c1ccc(C)c(Cl)c1. The molecule has 0 saturated carbocycles. The Morgan fingerprint density at radius 3 is 2.42 bits per heavy atom. The molecule has 2 aromatic carbocycles. The molecule has 0 aliphatic carbocycles. The van der Waals surface area contributed by atoms with Crippen LogP contribution in [0.4, 0.5) is 11.4 Å². The second kappa shape index (κ2) is 7.69. The molecule has 6 heteroatoms. The van der Waals surface area contributed by atoms with Gasteiger partial charge in [0.05, 0.1) is 0 Å². The van der Waals surface area contributed by atoms with E-state index in [1.165, 1.54) is 11.8 Å². The fourth-order valence-corrected chi connectivity index (χ4v) is 2.56. The Balaban J connectivity index is 2.18. The molecule has 0 radical (unpaired) electrons. The molecule has 0 unspecified atom stereocenters. The van der Waals surface area contributed by atoms with Crippen LogP contribution in [0.3, 0.4) is 0 Å². The van der Waals surface area contributed by atoms with Crippen LogP contribution in [0.5, 0.6) is 0 Å². The van der Waals surface area contributed by atoms with Crippen molar-refractivity contribution >= 4 is 46.4 Å². The molecule has 24 heavy (non-hydrogen) atoms. The third kappa shape index (κ3) is 4.28. The second-order valence-corrected chi connectivity index (χ2v) is 6.31. The van der Waals surface area contributed by atoms with Gasteiger partial charge in [-0.2, -0.15) is 0 Å². The van der Waals surface area contributed by atoms with Crippen LogP contribution in [0.2, 0.25) is 10.0 Å². The Bertz CT molecular complexity index is 791. The van der Waals surface area contributed by atoms with Gasteiger partial charge in [0.25, 0.3) is 0 Å². The van der Waals surface area contributed by atoms with Gasteiger partial charge in [-0.1, -0.05) is 35.3 Å². The summed E-state index contributed by atoms with van der Waals surface area (Å²) in [5.41, 5.74) is 2.89. The summed E-state index contributed by atoms with van der Waals surface area (Å²) >= 11 is 12.2. The lowest BCUT2D eigenvalue weighted by Gasteiger charge is -2.21. The predicted molar refractivity (Wildman–Crippen MR) is 99.0 cm³/mol. The van der Waals surface area contributed by atoms with Crippen molar-refractivity contribution in [3.8, 4) is 0 Å². The Labute approximate surface area is 151 Å². The Kier molecular flexibility index (Phi) is 5.86. The Morgan fingerprint density at radius 2 is 1.79 bits per heavy atom. The number of anilines is 2. The van der Waals surface area contributed by atoms with Crippen molar-refractivity contribution in [2.45, 2.75) is 20.8 Å². The fourth-order valence-electron chi connectivity index (χ4n) is 2.21. The largest absolute Gasteiger partial charge is 0.324 e. The molecule has 0 saturated heterocycles. The van der Waals surface area contributed by atoms with Gasteiger partial charge in [-0.15, -0.1) is 0 Å². The summed E-state index contributed by atoms with van der Waals surface area (Å²) in [6.45, 7) is 4.99. The first kappa shape index (κ1) is 18.3. The van der Waals surface area contributed by atoms with Gasteiger partial charge in [-0.3, -0.25) is 9.59 Å². The third-order valence-electron chi connectivity index (χ3n) is 3.69. The fraction of sp³-hybridized carbons (Fsp3) is 0.222. The molecule has 0 bridgehead atoms. The minimum absolute atomic E-state index is 0.110. The molecule has 0 heterocycles. The number of carbonyl (C=O) groups excluding carboxylic acids is 2. The summed E-state index contributed by atoms with van der Waals surface area (Å²) in [6.07, 6.45) is 0. The lowest BCUT2D eigenvalue weighted by atomic mass is 10.2. The van der Waals surface area contributed by atoms with Gasteiger partial charge in [0.1, 0.15) is 6.54 Å².